The molecule has 1 aliphatic rings. The van der Waals surface area contributed by atoms with Crippen molar-refractivity contribution in [3.8, 4) is 5.75 Å². The van der Waals surface area contributed by atoms with E-state index in [2.05, 4.69) is 15.4 Å². The number of ether oxygens (including phenoxy) is 1. The molecule has 0 radical (unpaired) electrons. The minimum atomic E-state index is 0.437. The maximum Gasteiger partial charge on any atom is 0.171 e. The molecule has 4 nitrogen and oxygen atoms in total. The van der Waals surface area contributed by atoms with Crippen molar-refractivity contribution < 1.29 is 4.74 Å². The minimum Gasteiger partial charge on any atom is -0.494 e. The van der Waals surface area contributed by atoms with E-state index in [1.807, 2.05) is 19.3 Å². The van der Waals surface area contributed by atoms with Gasteiger partial charge in [-0.2, -0.15) is 0 Å². The van der Waals surface area contributed by atoms with Crippen molar-refractivity contribution in [2.45, 2.75) is 25.2 Å². The lowest BCUT2D eigenvalue weighted by Crippen LogP contribution is -2.35. The highest BCUT2D eigenvalue weighted by Crippen LogP contribution is 2.31. The van der Waals surface area contributed by atoms with Crippen molar-refractivity contribution in [1.29, 1.82) is 0 Å². The average Bonchev–Trinajstić information content (AvgIpc) is 2.64. The van der Waals surface area contributed by atoms with Gasteiger partial charge < -0.3 is 4.74 Å². The maximum atomic E-state index is 5.96. The van der Waals surface area contributed by atoms with Crippen molar-refractivity contribution in [3.05, 3.63) is 23.0 Å². The van der Waals surface area contributed by atoms with E-state index in [1.165, 1.54) is 18.4 Å². The van der Waals surface area contributed by atoms with Crippen LogP contribution in [-0.2, 0) is 0 Å². The number of pyridine rings is 1. The zero-order valence-electron chi connectivity index (χ0n) is 10.9. The van der Waals surface area contributed by atoms with E-state index >= 15 is 0 Å². The van der Waals surface area contributed by atoms with Crippen LogP contribution in [-0.4, -0.2) is 37.2 Å². The summed E-state index contributed by atoms with van der Waals surface area (Å²) in [5.41, 5.74) is 4.45. The first kappa shape index (κ1) is 13.6. The fourth-order valence-corrected chi connectivity index (χ4v) is 2.64. The molecule has 1 aromatic heterocycles. The highest BCUT2D eigenvalue weighted by molar-refractivity contribution is 6.30. The van der Waals surface area contributed by atoms with Crippen LogP contribution >= 0.6 is 11.6 Å². The van der Waals surface area contributed by atoms with Gasteiger partial charge in [0.25, 0.3) is 0 Å². The van der Waals surface area contributed by atoms with Gasteiger partial charge >= 0.3 is 0 Å². The van der Waals surface area contributed by atoms with Crippen molar-refractivity contribution in [2.75, 3.05) is 27.2 Å². The second-order valence-corrected chi connectivity index (χ2v) is 4.96. The van der Waals surface area contributed by atoms with Crippen LogP contribution in [0.1, 0.15) is 30.7 Å². The van der Waals surface area contributed by atoms with Gasteiger partial charge in [0, 0.05) is 19.3 Å². The number of hydrazine groups is 1. The van der Waals surface area contributed by atoms with E-state index in [1.54, 1.807) is 7.11 Å². The Hall–Kier alpha value is -0.840. The van der Waals surface area contributed by atoms with Crippen molar-refractivity contribution >= 4 is 11.6 Å². The zero-order chi connectivity index (χ0) is 13.0. The molecule has 1 aromatic rings. The molecule has 1 aliphatic heterocycles. The molecule has 0 aromatic carbocycles. The van der Waals surface area contributed by atoms with Gasteiger partial charge in [0.15, 0.2) is 10.9 Å². The lowest BCUT2D eigenvalue weighted by Gasteiger charge is -2.18. The Bertz CT molecular complexity index is 400. The van der Waals surface area contributed by atoms with Gasteiger partial charge in [-0.1, -0.05) is 11.6 Å². The number of rotatable bonds is 3. The SMILES string of the molecule is CNN1CCC[C@H](c2cnc(Cl)c(OC)c2)CC1. The summed E-state index contributed by atoms with van der Waals surface area (Å²) in [7, 11) is 3.61. The number of hydrogen-bond donors (Lipinski definition) is 1. The molecule has 1 saturated heterocycles. The van der Waals surface area contributed by atoms with Crippen molar-refractivity contribution in [2.24, 2.45) is 0 Å². The molecule has 1 atom stereocenters. The summed E-state index contributed by atoms with van der Waals surface area (Å²) < 4.78 is 5.23. The van der Waals surface area contributed by atoms with Crippen LogP contribution in [0.5, 0.6) is 5.75 Å². The first-order valence-electron chi connectivity index (χ1n) is 6.36. The second-order valence-electron chi connectivity index (χ2n) is 4.60. The molecule has 0 aliphatic carbocycles. The lowest BCUT2D eigenvalue weighted by molar-refractivity contribution is 0.216. The van der Waals surface area contributed by atoms with E-state index in [4.69, 9.17) is 16.3 Å². The van der Waals surface area contributed by atoms with Crippen LogP contribution in [0.3, 0.4) is 0 Å². The largest absolute Gasteiger partial charge is 0.494 e. The average molecular weight is 270 g/mol. The van der Waals surface area contributed by atoms with E-state index in [0.29, 0.717) is 16.8 Å². The predicted molar refractivity (Wildman–Crippen MR) is 73.0 cm³/mol. The summed E-state index contributed by atoms with van der Waals surface area (Å²) in [4.78, 5) is 4.21. The van der Waals surface area contributed by atoms with Crippen LogP contribution in [0, 0.1) is 0 Å². The third-order valence-electron chi connectivity index (χ3n) is 3.56. The summed E-state index contributed by atoms with van der Waals surface area (Å²) in [5, 5.41) is 2.70. The molecule has 1 fully saturated rings. The zero-order valence-corrected chi connectivity index (χ0v) is 11.7. The molecule has 0 unspecified atom stereocenters. The second kappa shape index (κ2) is 6.36. The van der Waals surface area contributed by atoms with E-state index in [9.17, 15) is 0 Å². The van der Waals surface area contributed by atoms with Gasteiger partial charge in [0.05, 0.1) is 7.11 Å². The normalized spacial score (nSPS) is 21.6. The van der Waals surface area contributed by atoms with E-state index in [0.717, 1.165) is 19.5 Å². The van der Waals surface area contributed by atoms with Crippen LogP contribution < -0.4 is 10.2 Å². The third-order valence-corrected chi connectivity index (χ3v) is 3.85. The van der Waals surface area contributed by atoms with Gasteiger partial charge in [-0.05, 0) is 43.9 Å². The Morgan fingerprint density at radius 1 is 1.44 bits per heavy atom. The molecule has 100 valence electrons. The molecule has 0 spiro atoms. The Morgan fingerprint density at radius 3 is 3.00 bits per heavy atom. The fraction of sp³-hybridized carbons (Fsp3) is 0.615. The van der Waals surface area contributed by atoms with Gasteiger partial charge in [-0.25, -0.2) is 9.99 Å². The van der Waals surface area contributed by atoms with Crippen molar-refractivity contribution in [1.82, 2.24) is 15.4 Å². The number of nitrogens with zero attached hydrogens (tertiary/aromatic N) is 2. The molecular formula is C13H20ClN3O. The van der Waals surface area contributed by atoms with E-state index < -0.39 is 0 Å². The van der Waals surface area contributed by atoms with Crippen LogP contribution in [0.4, 0.5) is 0 Å². The monoisotopic (exact) mass is 269 g/mol. The third kappa shape index (κ3) is 3.13. The smallest absolute Gasteiger partial charge is 0.171 e. The highest BCUT2D eigenvalue weighted by Gasteiger charge is 2.19. The van der Waals surface area contributed by atoms with Gasteiger partial charge in [0.2, 0.25) is 0 Å². The Labute approximate surface area is 113 Å². The molecule has 0 bridgehead atoms. The summed E-state index contributed by atoms with van der Waals surface area (Å²) >= 11 is 5.96. The van der Waals surface area contributed by atoms with Gasteiger partial charge in [0.1, 0.15) is 0 Å². The molecule has 2 rings (SSSR count). The molecule has 5 heteroatoms. The first-order valence-corrected chi connectivity index (χ1v) is 6.74. The summed E-state index contributed by atoms with van der Waals surface area (Å²) in [6.45, 7) is 2.16. The molecule has 18 heavy (non-hydrogen) atoms. The maximum absolute atomic E-state index is 5.96. The minimum absolute atomic E-state index is 0.437. The quantitative estimate of drug-likeness (QED) is 0.856. The lowest BCUT2D eigenvalue weighted by atomic mass is 9.93. The summed E-state index contributed by atoms with van der Waals surface area (Å²) in [6.07, 6.45) is 5.39. The topological polar surface area (TPSA) is 37.4 Å². The van der Waals surface area contributed by atoms with Gasteiger partial charge in [-0.3, -0.25) is 5.43 Å². The molecule has 0 amide bonds. The van der Waals surface area contributed by atoms with Crippen LogP contribution in [0.25, 0.3) is 0 Å². The molecule has 0 saturated carbocycles. The van der Waals surface area contributed by atoms with Crippen LogP contribution in [0.15, 0.2) is 12.3 Å². The van der Waals surface area contributed by atoms with Gasteiger partial charge in [-0.15, -0.1) is 0 Å². The number of hydrogen-bond acceptors (Lipinski definition) is 4. The standard InChI is InChI=1S/C13H20ClN3O/c1-15-17-6-3-4-10(5-7-17)11-8-12(18-2)13(14)16-9-11/h8-10,15H,3-7H2,1-2H3/t10-/m0/s1. The number of halogens is 1. The van der Waals surface area contributed by atoms with Crippen LogP contribution in [0.2, 0.25) is 5.15 Å². The number of methoxy groups -OCH3 is 1. The summed E-state index contributed by atoms with van der Waals surface area (Å²) in [5.74, 6) is 1.21. The van der Waals surface area contributed by atoms with E-state index in [-0.39, 0.29) is 0 Å². The molecule has 1 N–H and O–H groups in total. The number of nitrogens with one attached hydrogen (secondary N) is 1. The summed E-state index contributed by atoms with van der Waals surface area (Å²) in [6, 6.07) is 2.02. The Balaban J connectivity index is 2.11. The fourth-order valence-electron chi connectivity index (χ4n) is 2.46. The number of aromatic nitrogens is 1. The molecule has 2 heterocycles. The highest BCUT2D eigenvalue weighted by atomic mass is 35.5. The first-order chi connectivity index (χ1) is 8.74. The van der Waals surface area contributed by atoms with Crippen molar-refractivity contribution in [3.63, 3.8) is 0 Å². The Kier molecular flexibility index (Phi) is 4.80. The molecular weight excluding hydrogens is 250 g/mol. The predicted octanol–water partition coefficient (Wildman–Crippen LogP) is 2.45. The Morgan fingerprint density at radius 2 is 2.28 bits per heavy atom.